The summed E-state index contributed by atoms with van der Waals surface area (Å²) in [5.41, 5.74) is -1.01. The van der Waals surface area contributed by atoms with Crippen molar-refractivity contribution in [1.29, 1.82) is 0 Å². The molecule has 7 nitrogen and oxygen atoms in total. The minimum atomic E-state index is -4.10. The third-order valence-electron chi connectivity index (χ3n) is 2.37. The molecular weight excluding hydrogens is 333 g/mol. The van der Waals surface area contributed by atoms with E-state index >= 15 is 0 Å². The molecule has 8 heteroatoms. The molecule has 0 aliphatic rings. The Hall–Kier alpha value is -0.460. The summed E-state index contributed by atoms with van der Waals surface area (Å²) in [5.74, 6) is -0.532. The van der Waals surface area contributed by atoms with E-state index in [1.54, 1.807) is 13.8 Å². The molecule has 3 N–H and O–H groups in total. The third kappa shape index (κ3) is 16.4. The molecule has 1 amide bonds. The predicted octanol–water partition coefficient (Wildman–Crippen LogP) is 3.74. The molecule has 0 aliphatic heterocycles. The number of nitrogens with one attached hydrogen (secondary N) is 1. The third-order valence-corrected chi connectivity index (χ3v) is 3.29. The summed E-state index contributed by atoms with van der Waals surface area (Å²) < 4.78 is 20.0. The first-order chi connectivity index (χ1) is 11.2. The van der Waals surface area contributed by atoms with Crippen molar-refractivity contribution in [2.24, 2.45) is 5.41 Å². The summed E-state index contributed by atoms with van der Waals surface area (Å²) in [6, 6.07) is 0. The smallest absolute Gasteiger partial charge is 0.383 e. The summed E-state index contributed by atoms with van der Waals surface area (Å²) in [7, 11) is -3.06. The molecule has 0 spiro atoms. The number of aliphatic hydroxyl groups excluding tert-OH is 1. The molecule has 0 aliphatic carbocycles. The van der Waals surface area contributed by atoms with E-state index in [0.29, 0.717) is 6.54 Å². The number of carbonyl (C=O) groups is 1. The first-order valence-electron chi connectivity index (χ1n) is 8.65. The molecule has 0 saturated heterocycles. The molecule has 2 unspecified atom stereocenters. The van der Waals surface area contributed by atoms with Gasteiger partial charge in [0.05, 0.1) is 6.61 Å². The molecule has 0 heterocycles. The normalized spacial score (nSPS) is 13.5. The molecule has 0 radical (unpaired) electrons. The van der Waals surface area contributed by atoms with Crippen molar-refractivity contribution in [3.63, 3.8) is 0 Å². The summed E-state index contributed by atoms with van der Waals surface area (Å²) in [5, 5.41) is 12.4. The van der Waals surface area contributed by atoms with Crippen LogP contribution in [0.25, 0.3) is 0 Å². The number of phosphoric ester groups is 1. The van der Waals surface area contributed by atoms with E-state index in [9.17, 15) is 14.5 Å². The van der Waals surface area contributed by atoms with Crippen LogP contribution in [0.5, 0.6) is 0 Å². The zero-order valence-corrected chi connectivity index (χ0v) is 18.1. The minimum Gasteiger partial charge on any atom is -0.383 e. The first kappa shape index (κ1) is 31.3. The monoisotopic (exact) mass is 373 g/mol. The Morgan fingerprint density at radius 1 is 1.17 bits per heavy atom. The number of phosphoric acid groups is 1. The Labute approximate surface area is 148 Å². The van der Waals surface area contributed by atoms with Gasteiger partial charge in [-0.05, 0) is 6.42 Å². The zero-order valence-electron chi connectivity index (χ0n) is 17.2. The summed E-state index contributed by atoms with van der Waals surface area (Å²) in [4.78, 5) is 20.6. The van der Waals surface area contributed by atoms with Gasteiger partial charge in [-0.15, -0.1) is 0 Å². The van der Waals surface area contributed by atoms with Crippen LogP contribution in [0.3, 0.4) is 0 Å². The quantitative estimate of drug-likeness (QED) is 0.560. The highest BCUT2D eigenvalue weighted by Gasteiger charge is 2.36. The maximum atomic E-state index is 11.6. The number of rotatable bonds is 8. The van der Waals surface area contributed by atoms with Crippen LogP contribution >= 0.6 is 7.82 Å². The number of hydrogen-bond donors (Lipinski definition) is 3. The molecular formula is C16H40NO6P. The lowest BCUT2D eigenvalue weighted by Crippen LogP contribution is -2.46. The highest BCUT2D eigenvalue weighted by atomic mass is 31.2. The number of amides is 1. The van der Waals surface area contributed by atoms with Crippen LogP contribution in [-0.4, -0.2) is 42.3 Å². The number of aliphatic hydroxyl groups is 1. The molecule has 0 aromatic rings. The van der Waals surface area contributed by atoms with Crippen LogP contribution in [0, 0.1) is 5.41 Å². The van der Waals surface area contributed by atoms with Gasteiger partial charge in [0.15, 0.2) is 0 Å². The van der Waals surface area contributed by atoms with E-state index in [1.165, 1.54) is 0 Å². The molecule has 0 fully saturated rings. The maximum absolute atomic E-state index is 11.6. The van der Waals surface area contributed by atoms with E-state index < -0.39 is 25.2 Å². The Balaban J connectivity index is -0.000000297. The lowest BCUT2D eigenvalue weighted by molar-refractivity contribution is -0.136. The Bertz CT molecular complexity index is 324. The molecule has 0 bridgehead atoms. The van der Waals surface area contributed by atoms with Crippen LogP contribution in [0.2, 0.25) is 0 Å². The van der Waals surface area contributed by atoms with Crippen LogP contribution < -0.4 is 5.32 Å². The number of hydrogen-bond acceptors (Lipinski definition) is 5. The van der Waals surface area contributed by atoms with E-state index in [1.807, 2.05) is 48.5 Å². The molecule has 0 aromatic heterocycles. The Morgan fingerprint density at radius 2 is 1.58 bits per heavy atom. The topological polar surface area (TPSA) is 105 Å². The summed E-state index contributed by atoms with van der Waals surface area (Å²) in [6.07, 6.45) is -0.578. The fourth-order valence-electron chi connectivity index (χ4n) is 1.08. The predicted molar refractivity (Wildman–Crippen MR) is 99.9 cm³/mol. The maximum Gasteiger partial charge on any atom is 0.471 e. The summed E-state index contributed by atoms with van der Waals surface area (Å²) >= 11 is 0. The fourth-order valence-corrected chi connectivity index (χ4v) is 1.68. The van der Waals surface area contributed by atoms with E-state index in [-0.39, 0.29) is 6.61 Å². The van der Waals surface area contributed by atoms with Crippen molar-refractivity contribution in [3.05, 3.63) is 0 Å². The van der Waals surface area contributed by atoms with Gasteiger partial charge >= 0.3 is 7.82 Å². The largest absolute Gasteiger partial charge is 0.471 e. The van der Waals surface area contributed by atoms with Gasteiger partial charge in [-0.25, -0.2) is 4.57 Å². The standard InChI is InChI=1S/C10H22NO6P.3C2H6/c1-5-6-11-9(13)8(12)10(2,3)7-17-18(14,15)16-4;3*1-2/h8,12H,5-7H2,1-4H3,(H,11,13)(H,14,15);3*1-2H3. The first-order valence-corrected chi connectivity index (χ1v) is 10.1. The van der Waals surface area contributed by atoms with Gasteiger partial charge in [0.1, 0.15) is 6.10 Å². The van der Waals surface area contributed by atoms with Crippen molar-refractivity contribution in [2.75, 3.05) is 20.3 Å². The molecule has 2 atom stereocenters. The second-order valence-corrected chi connectivity index (χ2v) is 6.17. The van der Waals surface area contributed by atoms with Gasteiger partial charge in [0, 0.05) is 19.1 Å². The van der Waals surface area contributed by atoms with Crippen LogP contribution in [0.1, 0.15) is 68.7 Å². The summed E-state index contributed by atoms with van der Waals surface area (Å²) in [6.45, 7) is 17.2. The van der Waals surface area contributed by atoms with Gasteiger partial charge < -0.3 is 15.3 Å². The van der Waals surface area contributed by atoms with E-state index in [2.05, 4.69) is 14.4 Å². The highest BCUT2D eigenvalue weighted by Crippen LogP contribution is 2.43. The van der Waals surface area contributed by atoms with Gasteiger partial charge in [0.2, 0.25) is 5.91 Å². The van der Waals surface area contributed by atoms with Crippen molar-refractivity contribution in [3.8, 4) is 0 Å². The Morgan fingerprint density at radius 3 is 1.92 bits per heavy atom. The van der Waals surface area contributed by atoms with Crippen molar-refractivity contribution in [2.45, 2.75) is 74.8 Å². The fraction of sp³-hybridized carbons (Fsp3) is 0.938. The minimum absolute atomic E-state index is 0.282. The van der Waals surface area contributed by atoms with Crippen molar-refractivity contribution in [1.82, 2.24) is 5.32 Å². The second-order valence-electron chi connectivity index (χ2n) is 4.61. The van der Waals surface area contributed by atoms with Crippen LogP contribution in [0.15, 0.2) is 0 Å². The molecule has 0 saturated carbocycles. The lowest BCUT2D eigenvalue weighted by atomic mass is 9.87. The number of carbonyl (C=O) groups excluding carboxylic acids is 1. The molecule has 0 rings (SSSR count). The molecule has 24 heavy (non-hydrogen) atoms. The average Bonchev–Trinajstić information content (AvgIpc) is 2.62. The lowest BCUT2D eigenvalue weighted by Gasteiger charge is -2.29. The van der Waals surface area contributed by atoms with E-state index in [4.69, 9.17) is 4.89 Å². The SMILES string of the molecule is CC.CC.CC.CCCNC(=O)C(O)C(C)(C)COP(=O)(O)OC. The second kappa shape index (κ2) is 18.9. The molecule has 150 valence electrons. The van der Waals surface area contributed by atoms with Gasteiger partial charge in [-0.2, -0.15) is 0 Å². The van der Waals surface area contributed by atoms with E-state index in [0.717, 1.165) is 13.5 Å². The van der Waals surface area contributed by atoms with Gasteiger partial charge in [-0.1, -0.05) is 62.3 Å². The Kier molecular flexibility index (Phi) is 24.6. The van der Waals surface area contributed by atoms with Gasteiger partial charge in [0.25, 0.3) is 0 Å². The van der Waals surface area contributed by atoms with Crippen LogP contribution in [-0.2, 0) is 18.4 Å². The van der Waals surface area contributed by atoms with Crippen LogP contribution in [0.4, 0.5) is 0 Å². The average molecular weight is 373 g/mol. The van der Waals surface area contributed by atoms with Crippen molar-refractivity contribution >= 4 is 13.7 Å². The van der Waals surface area contributed by atoms with Crippen molar-refractivity contribution < 1.29 is 28.4 Å². The zero-order chi connectivity index (χ0) is 20.4. The van der Waals surface area contributed by atoms with Gasteiger partial charge in [-0.3, -0.25) is 13.8 Å². The molecule has 0 aromatic carbocycles. The highest BCUT2D eigenvalue weighted by molar-refractivity contribution is 7.47.